The summed E-state index contributed by atoms with van der Waals surface area (Å²) in [4.78, 5) is 4.61. The van der Waals surface area contributed by atoms with E-state index in [1.807, 2.05) is 79.7 Å². The van der Waals surface area contributed by atoms with Crippen LogP contribution in [0.1, 0.15) is 22.6 Å². The van der Waals surface area contributed by atoms with Crippen molar-refractivity contribution < 1.29 is 18.6 Å². The van der Waals surface area contributed by atoms with Gasteiger partial charge in [-0.05, 0) is 60.5 Å². The smallest absolute Gasteiger partial charge is 0.230 e. The van der Waals surface area contributed by atoms with Crippen molar-refractivity contribution in [2.45, 2.75) is 19.3 Å². The lowest BCUT2D eigenvalue weighted by Gasteiger charge is -2.07. The molecule has 8 nitrogen and oxygen atoms in total. The Bertz CT molecular complexity index is 1370. The summed E-state index contributed by atoms with van der Waals surface area (Å²) in [7, 11) is 3.21. The van der Waals surface area contributed by atoms with Gasteiger partial charge in [-0.25, -0.2) is 4.98 Å². The number of rotatable bonds is 10. The van der Waals surface area contributed by atoms with Gasteiger partial charge in [0.2, 0.25) is 5.89 Å². The first-order chi connectivity index (χ1) is 18.1. The summed E-state index contributed by atoms with van der Waals surface area (Å²) in [6.07, 6.45) is 1.65. The molecule has 0 radical (unpaired) electrons. The molecule has 0 aliphatic rings. The Morgan fingerprint density at radius 3 is 2.49 bits per heavy atom. The molecule has 0 saturated heterocycles. The van der Waals surface area contributed by atoms with E-state index < -0.39 is 0 Å². The van der Waals surface area contributed by atoms with Crippen molar-refractivity contribution in [2.24, 2.45) is 15.9 Å². The molecule has 0 unspecified atom stereocenters. The van der Waals surface area contributed by atoms with Crippen molar-refractivity contribution in [1.82, 2.24) is 4.98 Å². The third-order valence-electron chi connectivity index (χ3n) is 5.38. The monoisotopic (exact) mass is 516 g/mol. The number of aryl methyl sites for hydroxylation is 1. The van der Waals surface area contributed by atoms with E-state index in [-0.39, 0.29) is 6.61 Å². The highest BCUT2D eigenvalue weighted by atomic mass is 32.2. The van der Waals surface area contributed by atoms with Gasteiger partial charge < -0.3 is 24.4 Å². The number of methoxy groups -OCH3 is 2. The molecule has 1 heterocycles. The average molecular weight is 517 g/mol. The zero-order valence-electron chi connectivity index (χ0n) is 20.9. The zero-order chi connectivity index (χ0) is 26.0. The van der Waals surface area contributed by atoms with E-state index in [9.17, 15) is 0 Å². The Kier molecular flexibility index (Phi) is 8.83. The number of nitrogens with two attached hydrogens (primary N) is 1. The van der Waals surface area contributed by atoms with Gasteiger partial charge in [-0.2, -0.15) is 5.10 Å². The van der Waals surface area contributed by atoms with E-state index in [0.717, 1.165) is 11.3 Å². The summed E-state index contributed by atoms with van der Waals surface area (Å²) in [5.74, 6) is 3.89. The SMILES string of the molecule is COc1ccc(OC)c(-c2nc(COc3ccc(C=NN=C(N)SCc4ccccc4)cc3)c(C)o2)c1. The molecule has 0 amide bonds. The molecule has 0 aliphatic carbocycles. The first-order valence-electron chi connectivity index (χ1n) is 11.5. The number of ether oxygens (including phenoxy) is 3. The van der Waals surface area contributed by atoms with Crippen LogP contribution < -0.4 is 19.9 Å². The number of aromatic nitrogens is 1. The van der Waals surface area contributed by atoms with E-state index in [1.54, 1.807) is 20.4 Å². The maximum Gasteiger partial charge on any atom is 0.230 e. The fraction of sp³-hybridized carbons (Fsp3) is 0.179. The van der Waals surface area contributed by atoms with Crippen LogP contribution in [0.15, 0.2) is 87.4 Å². The van der Waals surface area contributed by atoms with Gasteiger partial charge in [0.1, 0.15) is 35.3 Å². The van der Waals surface area contributed by atoms with Crippen molar-refractivity contribution in [3.05, 3.63) is 95.4 Å². The summed E-state index contributed by atoms with van der Waals surface area (Å²) in [5, 5.41) is 8.55. The van der Waals surface area contributed by atoms with Gasteiger partial charge in [0, 0.05) is 5.75 Å². The van der Waals surface area contributed by atoms with Crippen LogP contribution in [0.3, 0.4) is 0 Å². The topological polar surface area (TPSA) is 104 Å². The molecular weight excluding hydrogens is 488 g/mol. The van der Waals surface area contributed by atoms with Crippen LogP contribution in [-0.2, 0) is 12.4 Å². The largest absolute Gasteiger partial charge is 0.497 e. The molecule has 0 saturated carbocycles. The van der Waals surface area contributed by atoms with Crippen molar-refractivity contribution in [1.29, 1.82) is 0 Å². The number of amidine groups is 1. The molecule has 4 aromatic rings. The number of hydrogen-bond donors (Lipinski definition) is 1. The molecule has 4 rings (SSSR count). The standard InChI is InChI=1S/C28H28N4O4S/c1-19-25(31-27(36-19)24-15-23(33-2)13-14-26(24)34-3)17-35-22-11-9-20(10-12-22)16-30-32-28(29)37-18-21-7-5-4-6-8-21/h4-16H,17-18H2,1-3H3,(H2,29,32). The molecule has 0 spiro atoms. The Morgan fingerprint density at radius 1 is 1.00 bits per heavy atom. The van der Waals surface area contributed by atoms with Crippen molar-refractivity contribution in [3.63, 3.8) is 0 Å². The van der Waals surface area contributed by atoms with Crippen LogP contribution in [0.5, 0.6) is 17.2 Å². The molecule has 0 fully saturated rings. The Hall–Kier alpha value is -4.24. The van der Waals surface area contributed by atoms with E-state index >= 15 is 0 Å². The maximum absolute atomic E-state index is 5.94. The summed E-state index contributed by atoms with van der Waals surface area (Å²) in [5.41, 5.74) is 9.41. The van der Waals surface area contributed by atoms with Crippen LogP contribution in [0.4, 0.5) is 0 Å². The van der Waals surface area contributed by atoms with E-state index in [4.69, 9.17) is 24.4 Å². The minimum atomic E-state index is 0.258. The second kappa shape index (κ2) is 12.6. The molecule has 9 heteroatoms. The first kappa shape index (κ1) is 25.8. The molecule has 2 N–H and O–H groups in total. The molecule has 1 aromatic heterocycles. The highest BCUT2D eigenvalue weighted by Crippen LogP contribution is 2.34. The van der Waals surface area contributed by atoms with Crippen LogP contribution in [0, 0.1) is 6.92 Å². The second-order valence-corrected chi connectivity index (χ2v) is 8.90. The molecule has 0 bridgehead atoms. The lowest BCUT2D eigenvalue weighted by molar-refractivity contribution is 0.299. The van der Waals surface area contributed by atoms with Gasteiger partial charge >= 0.3 is 0 Å². The van der Waals surface area contributed by atoms with Crippen LogP contribution >= 0.6 is 11.8 Å². The van der Waals surface area contributed by atoms with Crippen LogP contribution in [0.25, 0.3) is 11.5 Å². The zero-order valence-corrected chi connectivity index (χ0v) is 21.7. The highest BCUT2D eigenvalue weighted by molar-refractivity contribution is 8.13. The molecule has 0 atom stereocenters. The quantitative estimate of drug-likeness (QED) is 0.161. The number of oxazole rings is 1. The van der Waals surface area contributed by atoms with Gasteiger partial charge in [-0.15, -0.1) is 5.10 Å². The minimum absolute atomic E-state index is 0.258. The fourth-order valence-electron chi connectivity index (χ4n) is 3.37. The number of thioether (sulfide) groups is 1. The lowest BCUT2D eigenvalue weighted by Crippen LogP contribution is -2.05. The highest BCUT2D eigenvalue weighted by Gasteiger charge is 2.17. The Balaban J connectivity index is 1.33. The Labute approximate surface area is 220 Å². The Morgan fingerprint density at radius 2 is 1.76 bits per heavy atom. The summed E-state index contributed by atoms with van der Waals surface area (Å²) >= 11 is 1.44. The fourth-order valence-corrected chi connectivity index (χ4v) is 3.98. The maximum atomic E-state index is 5.94. The molecule has 190 valence electrons. The summed E-state index contributed by atoms with van der Waals surface area (Å²) in [6.45, 7) is 2.11. The van der Waals surface area contributed by atoms with E-state index in [2.05, 4.69) is 15.2 Å². The minimum Gasteiger partial charge on any atom is -0.497 e. The molecule has 37 heavy (non-hydrogen) atoms. The lowest BCUT2D eigenvalue weighted by atomic mass is 10.2. The normalized spacial score (nSPS) is 11.6. The van der Waals surface area contributed by atoms with Gasteiger partial charge in [0.15, 0.2) is 5.17 Å². The van der Waals surface area contributed by atoms with Crippen molar-refractivity contribution in [3.8, 4) is 28.7 Å². The summed E-state index contributed by atoms with van der Waals surface area (Å²) < 4.78 is 22.6. The molecular formula is C28H28N4O4S. The van der Waals surface area contributed by atoms with Crippen molar-refractivity contribution >= 4 is 23.1 Å². The van der Waals surface area contributed by atoms with Gasteiger partial charge in [0.05, 0.1) is 26.0 Å². The third kappa shape index (κ3) is 7.14. The van der Waals surface area contributed by atoms with Crippen LogP contribution in [0.2, 0.25) is 0 Å². The van der Waals surface area contributed by atoms with E-state index in [0.29, 0.717) is 45.3 Å². The number of benzene rings is 3. The molecule has 0 aliphatic heterocycles. The van der Waals surface area contributed by atoms with Crippen LogP contribution in [-0.4, -0.2) is 30.6 Å². The predicted molar refractivity (Wildman–Crippen MR) is 148 cm³/mol. The van der Waals surface area contributed by atoms with Gasteiger partial charge in [-0.1, -0.05) is 42.1 Å². The molecule has 3 aromatic carbocycles. The predicted octanol–water partition coefficient (Wildman–Crippen LogP) is 5.83. The first-order valence-corrected chi connectivity index (χ1v) is 12.5. The second-order valence-electron chi connectivity index (χ2n) is 7.90. The third-order valence-corrected chi connectivity index (χ3v) is 6.23. The number of nitrogens with zero attached hydrogens (tertiary/aromatic N) is 3. The van der Waals surface area contributed by atoms with Crippen molar-refractivity contribution in [2.75, 3.05) is 14.2 Å². The van der Waals surface area contributed by atoms with E-state index in [1.165, 1.54) is 17.3 Å². The number of hydrogen-bond acceptors (Lipinski definition) is 8. The van der Waals surface area contributed by atoms with Gasteiger partial charge in [0.25, 0.3) is 0 Å². The summed E-state index contributed by atoms with van der Waals surface area (Å²) in [6, 6.07) is 23.1. The van der Waals surface area contributed by atoms with Gasteiger partial charge in [-0.3, -0.25) is 0 Å². The average Bonchev–Trinajstić information content (AvgIpc) is 3.31.